The second-order valence-corrected chi connectivity index (χ2v) is 6.05. The number of carbonyl (C=O) groups is 2. The molecule has 0 saturated heterocycles. The summed E-state index contributed by atoms with van der Waals surface area (Å²) in [6.07, 6.45) is 3.76. The van der Waals surface area contributed by atoms with Crippen molar-refractivity contribution in [3.05, 3.63) is 47.0 Å². The normalized spacial score (nSPS) is 11.9. The highest BCUT2D eigenvalue weighted by atomic mass is 16.5. The van der Waals surface area contributed by atoms with Crippen molar-refractivity contribution in [3.8, 4) is 0 Å². The minimum Gasteiger partial charge on any atom is -0.465 e. The molecule has 0 saturated carbocycles. The van der Waals surface area contributed by atoms with Crippen molar-refractivity contribution in [2.45, 2.75) is 26.8 Å². The number of H-pyrrole nitrogens is 1. The van der Waals surface area contributed by atoms with Crippen LogP contribution in [0.2, 0.25) is 0 Å². The predicted molar refractivity (Wildman–Crippen MR) is 91.6 cm³/mol. The molecule has 0 fully saturated rings. The summed E-state index contributed by atoms with van der Waals surface area (Å²) < 4.78 is 6.64. The van der Waals surface area contributed by atoms with Gasteiger partial charge in [-0.2, -0.15) is 4.57 Å². The van der Waals surface area contributed by atoms with Crippen LogP contribution >= 0.6 is 0 Å². The van der Waals surface area contributed by atoms with Gasteiger partial charge >= 0.3 is 5.97 Å². The molecule has 2 rings (SSSR count). The van der Waals surface area contributed by atoms with E-state index < -0.39 is 5.97 Å². The number of esters is 1. The van der Waals surface area contributed by atoms with Crippen LogP contribution in [0.15, 0.2) is 24.5 Å². The number of pyridine rings is 1. The van der Waals surface area contributed by atoms with Gasteiger partial charge in [0.25, 0.3) is 0 Å². The van der Waals surface area contributed by atoms with Crippen molar-refractivity contribution < 1.29 is 18.9 Å². The first-order chi connectivity index (χ1) is 11.3. The van der Waals surface area contributed by atoms with E-state index in [-0.39, 0.29) is 11.8 Å². The van der Waals surface area contributed by atoms with E-state index in [4.69, 9.17) is 4.74 Å². The number of carbonyl (C=O) groups excluding carboxylic acids is 2. The van der Waals surface area contributed by atoms with E-state index in [1.54, 1.807) is 13.8 Å². The Bertz CT molecular complexity index is 761. The maximum Gasteiger partial charge on any atom is 0.339 e. The van der Waals surface area contributed by atoms with Crippen molar-refractivity contribution in [3.63, 3.8) is 0 Å². The maximum absolute atomic E-state index is 12.8. The SMILES string of the molecule is COC(=O)c1c(C)[nH]c(C(=O)[C@@H](C)[n+]2ccc(N(C)C)cc2)c1C. The van der Waals surface area contributed by atoms with Gasteiger partial charge in [0.15, 0.2) is 12.4 Å². The van der Waals surface area contributed by atoms with Crippen LogP contribution in [0.5, 0.6) is 0 Å². The average molecular weight is 330 g/mol. The third-order valence-electron chi connectivity index (χ3n) is 4.25. The first-order valence-electron chi connectivity index (χ1n) is 7.77. The zero-order valence-electron chi connectivity index (χ0n) is 15.0. The van der Waals surface area contributed by atoms with E-state index in [1.807, 2.05) is 55.0 Å². The van der Waals surface area contributed by atoms with Gasteiger partial charge in [-0.3, -0.25) is 4.79 Å². The summed E-state index contributed by atoms with van der Waals surface area (Å²) in [5, 5.41) is 0. The van der Waals surface area contributed by atoms with Crippen molar-refractivity contribution in [2.75, 3.05) is 26.1 Å². The van der Waals surface area contributed by atoms with E-state index in [2.05, 4.69) is 4.98 Å². The van der Waals surface area contributed by atoms with Gasteiger partial charge in [0.2, 0.25) is 11.8 Å². The van der Waals surface area contributed by atoms with Crippen LogP contribution in [0.4, 0.5) is 5.69 Å². The molecule has 2 heterocycles. The molecule has 0 spiro atoms. The van der Waals surface area contributed by atoms with Crippen LogP contribution in [0, 0.1) is 13.8 Å². The van der Waals surface area contributed by atoms with Crippen LogP contribution in [0.3, 0.4) is 0 Å². The highest BCUT2D eigenvalue weighted by Crippen LogP contribution is 2.21. The molecule has 0 radical (unpaired) electrons. The Labute approximate surface area is 142 Å². The zero-order chi connectivity index (χ0) is 18.0. The highest BCUT2D eigenvalue weighted by molar-refractivity contribution is 6.02. The number of ether oxygens (including phenoxy) is 1. The molecule has 0 bridgehead atoms. The van der Waals surface area contributed by atoms with Crippen LogP contribution in [-0.4, -0.2) is 37.9 Å². The molecule has 0 aliphatic rings. The summed E-state index contributed by atoms with van der Waals surface area (Å²) in [7, 11) is 5.27. The number of aromatic nitrogens is 2. The molecular weight excluding hydrogens is 306 g/mol. The number of hydrogen-bond donors (Lipinski definition) is 1. The Balaban J connectivity index is 2.33. The quantitative estimate of drug-likeness (QED) is 0.519. The summed E-state index contributed by atoms with van der Waals surface area (Å²) in [5.41, 5.74) is 3.21. The minimum atomic E-state index is -0.434. The average Bonchev–Trinajstić information content (AvgIpc) is 2.87. The monoisotopic (exact) mass is 330 g/mol. The lowest BCUT2D eigenvalue weighted by Gasteiger charge is -2.12. The summed E-state index contributed by atoms with van der Waals surface area (Å²) in [6, 6.07) is 3.52. The molecule has 6 nitrogen and oxygen atoms in total. The molecule has 0 amide bonds. The Kier molecular flexibility index (Phi) is 5.07. The van der Waals surface area contributed by atoms with Gasteiger partial charge in [-0.25, -0.2) is 4.79 Å². The lowest BCUT2D eigenvalue weighted by molar-refractivity contribution is -0.704. The fourth-order valence-electron chi connectivity index (χ4n) is 2.74. The third kappa shape index (κ3) is 3.18. The number of anilines is 1. The molecule has 128 valence electrons. The van der Waals surface area contributed by atoms with Gasteiger partial charge in [0, 0.05) is 44.5 Å². The Morgan fingerprint density at radius 3 is 2.29 bits per heavy atom. The molecular formula is C18H24N3O3+. The van der Waals surface area contributed by atoms with Crippen LogP contribution in [0.25, 0.3) is 0 Å². The van der Waals surface area contributed by atoms with Crippen molar-refractivity contribution in [1.82, 2.24) is 4.98 Å². The zero-order valence-corrected chi connectivity index (χ0v) is 15.0. The fraction of sp³-hybridized carbons (Fsp3) is 0.389. The van der Waals surface area contributed by atoms with Gasteiger partial charge in [-0.15, -0.1) is 0 Å². The lowest BCUT2D eigenvalue weighted by Crippen LogP contribution is -2.42. The molecule has 1 N–H and O–H groups in total. The van der Waals surface area contributed by atoms with Crippen molar-refractivity contribution in [1.29, 1.82) is 0 Å². The molecule has 0 aliphatic heterocycles. The number of methoxy groups -OCH3 is 1. The van der Waals surface area contributed by atoms with Gasteiger partial charge in [0.05, 0.1) is 18.4 Å². The number of aryl methyl sites for hydroxylation is 1. The summed E-state index contributed by atoms with van der Waals surface area (Å²) >= 11 is 0. The molecule has 0 unspecified atom stereocenters. The van der Waals surface area contributed by atoms with E-state index >= 15 is 0 Å². The summed E-state index contributed by atoms with van der Waals surface area (Å²) in [4.78, 5) is 29.7. The number of nitrogens with zero attached hydrogens (tertiary/aromatic N) is 2. The standard InChI is InChI=1S/C18H23N3O3/c1-11-15(18(23)24-6)12(2)19-16(11)17(22)13(3)21-9-7-14(8-10-21)20(4)5/h7-10,13H,1-6H3/p+1/t13-/m1/s1. The number of aromatic amines is 1. The first kappa shape index (κ1) is 17.7. The maximum atomic E-state index is 12.8. The van der Waals surface area contributed by atoms with E-state index in [0.29, 0.717) is 22.5 Å². The van der Waals surface area contributed by atoms with Crippen molar-refractivity contribution in [2.24, 2.45) is 0 Å². The van der Waals surface area contributed by atoms with Gasteiger partial charge in [0.1, 0.15) is 0 Å². The second-order valence-electron chi connectivity index (χ2n) is 6.05. The summed E-state index contributed by atoms with van der Waals surface area (Å²) in [6.45, 7) is 5.36. The second kappa shape index (κ2) is 6.86. The predicted octanol–water partition coefficient (Wildman–Crippen LogP) is 2.22. The highest BCUT2D eigenvalue weighted by Gasteiger charge is 2.29. The molecule has 2 aromatic heterocycles. The van der Waals surface area contributed by atoms with Crippen LogP contribution < -0.4 is 9.47 Å². The lowest BCUT2D eigenvalue weighted by atomic mass is 10.0. The Morgan fingerprint density at radius 1 is 1.21 bits per heavy atom. The number of ketones is 1. The topological polar surface area (TPSA) is 66.3 Å². The molecule has 6 heteroatoms. The number of Topliss-reactive ketones (excluding diaryl/α,β-unsaturated/α-hetero) is 1. The van der Waals surface area contributed by atoms with E-state index in [9.17, 15) is 9.59 Å². The Morgan fingerprint density at radius 2 is 1.79 bits per heavy atom. The molecule has 0 aromatic carbocycles. The molecule has 2 aromatic rings. The van der Waals surface area contributed by atoms with Gasteiger partial charge in [-0.05, 0) is 19.4 Å². The molecule has 1 atom stereocenters. The number of rotatable bonds is 5. The molecule has 24 heavy (non-hydrogen) atoms. The van der Waals surface area contributed by atoms with Gasteiger partial charge < -0.3 is 14.6 Å². The third-order valence-corrected chi connectivity index (χ3v) is 4.25. The Hall–Kier alpha value is -2.63. The minimum absolute atomic E-state index is 0.0756. The van der Waals surface area contributed by atoms with Crippen molar-refractivity contribution >= 4 is 17.4 Å². The number of nitrogens with one attached hydrogen (secondary N) is 1. The van der Waals surface area contributed by atoms with E-state index in [0.717, 1.165) is 5.69 Å². The van der Waals surface area contributed by atoms with E-state index in [1.165, 1.54) is 7.11 Å². The molecule has 0 aliphatic carbocycles. The smallest absolute Gasteiger partial charge is 0.339 e. The number of hydrogen-bond acceptors (Lipinski definition) is 4. The van der Waals surface area contributed by atoms with Gasteiger partial charge in [-0.1, -0.05) is 0 Å². The van der Waals surface area contributed by atoms with Crippen LogP contribution in [0.1, 0.15) is 45.1 Å². The summed E-state index contributed by atoms with van der Waals surface area (Å²) in [5.74, 6) is -0.510. The largest absolute Gasteiger partial charge is 0.465 e. The van der Waals surface area contributed by atoms with Crippen LogP contribution in [-0.2, 0) is 4.74 Å². The fourth-order valence-corrected chi connectivity index (χ4v) is 2.74. The first-order valence-corrected chi connectivity index (χ1v) is 7.77.